The van der Waals surface area contributed by atoms with Crippen LogP contribution < -0.4 is 15.4 Å². The Morgan fingerprint density at radius 2 is 1.50 bits per heavy atom. The molecular weight excluding hydrogens is 352 g/mol. The SMILES string of the molecule is COc1ccccc1/C=C/C(=O)Nc1cccc(NC(=O)c2ccccc2)c1. The average Bonchev–Trinajstić information content (AvgIpc) is 2.73. The third-order valence-electron chi connectivity index (χ3n) is 3.98. The lowest BCUT2D eigenvalue weighted by Gasteiger charge is -2.08. The number of nitrogens with one attached hydrogen (secondary N) is 2. The van der Waals surface area contributed by atoms with Gasteiger partial charge in [-0.25, -0.2) is 0 Å². The highest BCUT2D eigenvalue weighted by Crippen LogP contribution is 2.19. The van der Waals surface area contributed by atoms with Crippen LogP contribution in [0.1, 0.15) is 15.9 Å². The number of benzene rings is 3. The second-order valence-corrected chi connectivity index (χ2v) is 5.97. The highest BCUT2D eigenvalue weighted by Gasteiger charge is 2.06. The van der Waals surface area contributed by atoms with Gasteiger partial charge in [-0.15, -0.1) is 0 Å². The average molecular weight is 372 g/mol. The quantitative estimate of drug-likeness (QED) is 0.622. The van der Waals surface area contributed by atoms with Crippen LogP contribution in [0.25, 0.3) is 6.08 Å². The lowest BCUT2D eigenvalue weighted by molar-refractivity contribution is -0.111. The fraction of sp³-hybridized carbons (Fsp3) is 0.0435. The van der Waals surface area contributed by atoms with Gasteiger partial charge in [0.2, 0.25) is 5.91 Å². The van der Waals surface area contributed by atoms with E-state index in [0.717, 1.165) is 5.56 Å². The maximum absolute atomic E-state index is 12.2. The van der Waals surface area contributed by atoms with E-state index in [9.17, 15) is 9.59 Å². The number of carbonyl (C=O) groups is 2. The van der Waals surface area contributed by atoms with Gasteiger partial charge in [0.15, 0.2) is 0 Å². The summed E-state index contributed by atoms with van der Waals surface area (Å²) in [5, 5.41) is 5.61. The van der Waals surface area contributed by atoms with Crippen molar-refractivity contribution in [2.75, 3.05) is 17.7 Å². The summed E-state index contributed by atoms with van der Waals surface area (Å²) in [6.45, 7) is 0. The monoisotopic (exact) mass is 372 g/mol. The van der Waals surface area contributed by atoms with Crippen molar-refractivity contribution in [2.45, 2.75) is 0 Å². The Labute approximate surface area is 163 Å². The molecule has 0 saturated carbocycles. The van der Waals surface area contributed by atoms with E-state index in [2.05, 4.69) is 10.6 Å². The minimum Gasteiger partial charge on any atom is -0.496 e. The summed E-state index contributed by atoms with van der Waals surface area (Å²) in [5.74, 6) is 0.203. The number of amides is 2. The van der Waals surface area contributed by atoms with E-state index in [1.807, 2.05) is 30.3 Å². The molecular formula is C23H20N2O3. The number of hydrogen-bond acceptors (Lipinski definition) is 3. The molecule has 0 aliphatic carbocycles. The topological polar surface area (TPSA) is 67.4 Å². The summed E-state index contributed by atoms with van der Waals surface area (Å²) < 4.78 is 5.26. The third kappa shape index (κ3) is 5.08. The molecule has 0 atom stereocenters. The second kappa shape index (κ2) is 9.19. The summed E-state index contributed by atoms with van der Waals surface area (Å²) in [7, 11) is 1.59. The van der Waals surface area contributed by atoms with Gasteiger partial charge in [-0.05, 0) is 42.5 Å². The van der Waals surface area contributed by atoms with E-state index in [0.29, 0.717) is 22.7 Å². The number of ether oxygens (including phenoxy) is 1. The molecule has 0 unspecified atom stereocenters. The molecule has 0 aliphatic rings. The first-order valence-electron chi connectivity index (χ1n) is 8.74. The van der Waals surface area contributed by atoms with Crippen LogP contribution in [0, 0.1) is 0 Å². The van der Waals surface area contributed by atoms with Gasteiger partial charge in [-0.1, -0.05) is 42.5 Å². The standard InChI is InChI=1S/C23H20N2O3/c1-28-21-13-6-5-8-17(21)14-15-22(26)24-19-11-7-12-20(16-19)25-23(27)18-9-3-2-4-10-18/h2-16H,1H3,(H,24,26)(H,25,27)/b15-14+. The van der Waals surface area contributed by atoms with Crippen molar-refractivity contribution in [3.63, 3.8) is 0 Å². The molecule has 0 fully saturated rings. The van der Waals surface area contributed by atoms with Crippen LogP contribution in [-0.4, -0.2) is 18.9 Å². The van der Waals surface area contributed by atoms with Crippen LogP contribution in [0.4, 0.5) is 11.4 Å². The van der Waals surface area contributed by atoms with Crippen LogP contribution >= 0.6 is 0 Å². The number of rotatable bonds is 6. The first-order chi connectivity index (χ1) is 13.7. The van der Waals surface area contributed by atoms with Gasteiger partial charge >= 0.3 is 0 Å². The molecule has 0 aliphatic heterocycles. The highest BCUT2D eigenvalue weighted by atomic mass is 16.5. The first-order valence-corrected chi connectivity index (χ1v) is 8.74. The zero-order valence-electron chi connectivity index (χ0n) is 15.4. The Kier molecular flexibility index (Phi) is 6.21. The van der Waals surface area contributed by atoms with Crippen molar-refractivity contribution < 1.29 is 14.3 Å². The predicted octanol–water partition coefficient (Wildman–Crippen LogP) is 4.60. The predicted molar refractivity (Wildman–Crippen MR) is 111 cm³/mol. The smallest absolute Gasteiger partial charge is 0.255 e. The molecule has 2 N–H and O–H groups in total. The van der Waals surface area contributed by atoms with Gasteiger partial charge < -0.3 is 15.4 Å². The molecule has 3 aromatic rings. The number of hydrogen-bond donors (Lipinski definition) is 2. The zero-order valence-corrected chi connectivity index (χ0v) is 15.4. The van der Waals surface area contributed by atoms with Crippen LogP contribution in [-0.2, 0) is 4.79 Å². The summed E-state index contributed by atoms with van der Waals surface area (Å²) in [4.78, 5) is 24.5. The summed E-state index contributed by atoms with van der Waals surface area (Å²) in [5.41, 5.74) is 2.56. The van der Waals surface area contributed by atoms with Gasteiger partial charge in [0, 0.05) is 28.6 Å². The maximum Gasteiger partial charge on any atom is 0.255 e. The second-order valence-electron chi connectivity index (χ2n) is 5.97. The van der Waals surface area contributed by atoms with Crippen molar-refractivity contribution >= 4 is 29.3 Å². The summed E-state index contributed by atoms with van der Waals surface area (Å²) in [6, 6.07) is 23.4. The van der Waals surface area contributed by atoms with Gasteiger partial charge in [0.05, 0.1) is 7.11 Å². The number of carbonyl (C=O) groups excluding carboxylic acids is 2. The Morgan fingerprint density at radius 1 is 0.821 bits per heavy atom. The van der Waals surface area contributed by atoms with E-state index in [4.69, 9.17) is 4.74 Å². The van der Waals surface area contributed by atoms with E-state index in [-0.39, 0.29) is 11.8 Å². The van der Waals surface area contributed by atoms with E-state index in [1.54, 1.807) is 61.7 Å². The molecule has 0 aromatic heterocycles. The molecule has 0 saturated heterocycles. The fourth-order valence-electron chi connectivity index (χ4n) is 2.62. The van der Waals surface area contributed by atoms with Crippen molar-refractivity contribution in [1.29, 1.82) is 0 Å². The zero-order chi connectivity index (χ0) is 19.8. The highest BCUT2D eigenvalue weighted by molar-refractivity contribution is 6.05. The molecule has 5 heteroatoms. The van der Waals surface area contributed by atoms with Crippen LogP contribution in [0.3, 0.4) is 0 Å². The molecule has 3 rings (SSSR count). The third-order valence-corrected chi connectivity index (χ3v) is 3.98. The molecule has 28 heavy (non-hydrogen) atoms. The largest absolute Gasteiger partial charge is 0.496 e. The molecule has 5 nitrogen and oxygen atoms in total. The summed E-state index contributed by atoms with van der Waals surface area (Å²) in [6.07, 6.45) is 3.13. The lowest BCUT2D eigenvalue weighted by Crippen LogP contribution is -2.12. The van der Waals surface area contributed by atoms with Gasteiger partial charge in [-0.3, -0.25) is 9.59 Å². The van der Waals surface area contributed by atoms with Crippen molar-refractivity contribution in [3.8, 4) is 5.75 Å². The van der Waals surface area contributed by atoms with Crippen molar-refractivity contribution in [2.24, 2.45) is 0 Å². The van der Waals surface area contributed by atoms with Crippen LogP contribution in [0.2, 0.25) is 0 Å². The van der Waals surface area contributed by atoms with Crippen LogP contribution in [0.5, 0.6) is 5.75 Å². The lowest BCUT2D eigenvalue weighted by atomic mass is 10.2. The van der Waals surface area contributed by atoms with Crippen LogP contribution in [0.15, 0.2) is 84.9 Å². The molecule has 0 bridgehead atoms. The number of para-hydroxylation sites is 1. The fourth-order valence-corrected chi connectivity index (χ4v) is 2.62. The normalized spacial score (nSPS) is 10.5. The van der Waals surface area contributed by atoms with E-state index < -0.39 is 0 Å². The molecule has 140 valence electrons. The molecule has 0 spiro atoms. The molecule has 3 aromatic carbocycles. The Bertz CT molecular complexity index is 997. The minimum atomic E-state index is -0.280. The number of methoxy groups -OCH3 is 1. The van der Waals surface area contributed by atoms with Gasteiger partial charge in [-0.2, -0.15) is 0 Å². The van der Waals surface area contributed by atoms with E-state index >= 15 is 0 Å². The molecule has 2 amide bonds. The first kappa shape index (κ1) is 18.9. The minimum absolute atomic E-state index is 0.208. The number of anilines is 2. The Morgan fingerprint density at radius 3 is 2.25 bits per heavy atom. The molecule has 0 heterocycles. The van der Waals surface area contributed by atoms with Gasteiger partial charge in [0.1, 0.15) is 5.75 Å². The van der Waals surface area contributed by atoms with Crippen molar-refractivity contribution in [3.05, 3.63) is 96.1 Å². The van der Waals surface area contributed by atoms with E-state index in [1.165, 1.54) is 6.08 Å². The Hall–Kier alpha value is -3.86. The maximum atomic E-state index is 12.2. The molecule has 0 radical (unpaired) electrons. The van der Waals surface area contributed by atoms with Gasteiger partial charge in [0.25, 0.3) is 5.91 Å². The Balaban J connectivity index is 1.65. The van der Waals surface area contributed by atoms with Crippen molar-refractivity contribution in [1.82, 2.24) is 0 Å². The summed E-state index contributed by atoms with van der Waals surface area (Å²) >= 11 is 0.